The van der Waals surface area contributed by atoms with E-state index in [4.69, 9.17) is 0 Å². The number of hydrogen-bond acceptors (Lipinski definition) is 2. The lowest BCUT2D eigenvalue weighted by molar-refractivity contribution is -0.121. The average molecular weight is 299 g/mol. The summed E-state index contributed by atoms with van der Waals surface area (Å²) in [7, 11) is 0. The number of benzene rings is 1. The van der Waals surface area contributed by atoms with E-state index in [0.29, 0.717) is 18.9 Å². The molecule has 118 valence electrons. The van der Waals surface area contributed by atoms with Crippen LogP contribution < -0.4 is 5.32 Å². The van der Waals surface area contributed by atoms with Crippen molar-refractivity contribution >= 4 is 5.91 Å². The molecular formula is C18H25N3O. The van der Waals surface area contributed by atoms with Crippen molar-refractivity contribution in [3.05, 3.63) is 54.1 Å². The quantitative estimate of drug-likeness (QED) is 0.761. The van der Waals surface area contributed by atoms with E-state index in [9.17, 15) is 4.79 Å². The summed E-state index contributed by atoms with van der Waals surface area (Å²) in [6, 6.07) is 8.56. The largest absolute Gasteiger partial charge is 0.356 e. The van der Waals surface area contributed by atoms with Crippen LogP contribution in [0.5, 0.6) is 0 Å². The molecule has 0 saturated carbocycles. The standard InChI is InChI=1S/C18H25N3O/c1-15(2)17-7-4-16(5-8-17)6-9-18(22)20-10-3-12-21-13-11-19-14-21/h4-5,7-8,11,13-15H,3,6,9-10,12H2,1-2H3,(H,20,22). The molecule has 0 saturated heterocycles. The van der Waals surface area contributed by atoms with Gasteiger partial charge in [-0.1, -0.05) is 38.1 Å². The van der Waals surface area contributed by atoms with E-state index < -0.39 is 0 Å². The first-order chi connectivity index (χ1) is 10.6. The summed E-state index contributed by atoms with van der Waals surface area (Å²) < 4.78 is 2.02. The molecule has 1 N–H and O–H groups in total. The number of carbonyl (C=O) groups is 1. The zero-order chi connectivity index (χ0) is 15.8. The van der Waals surface area contributed by atoms with E-state index in [1.807, 2.05) is 10.8 Å². The molecule has 2 rings (SSSR count). The molecular weight excluding hydrogens is 274 g/mol. The van der Waals surface area contributed by atoms with Gasteiger partial charge in [-0.05, 0) is 29.9 Å². The molecule has 0 aliphatic carbocycles. The number of hydrogen-bond donors (Lipinski definition) is 1. The van der Waals surface area contributed by atoms with Crippen molar-refractivity contribution in [3.63, 3.8) is 0 Å². The van der Waals surface area contributed by atoms with E-state index in [2.05, 4.69) is 48.4 Å². The lowest BCUT2D eigenvalue weighted by Gasteiger charge is -2.08. The van der Waals surface area contributed by atoms with Crippen LogP contribution in [0.3, 0.4) is 0 Å². The monoisotopic (exact) mass is 299 g/mol. The van der Waals surface area contributed by atoms with Crippen LogP contribution in [0.2, 0.25) is 0 Å². The van der Waals surface area contributed by atoms with Gasteiger partial charge in [0, 0.05) is 31.9 Å². The van der Waals surface area contributed by atoms with Crippen LogP contribution in [-0.2, 0) is 17.8 Å². The first-order valence-electron chi connectivity index (χ1n) is 7.96. The Bertz CT molecular complexity index is 559. The highest BCUT2D eigenvalue weighted by Gasteiger charge is 2.03. The maximum absolute atomic E-state index is 11.8. The maximum atomic E-state index is 11.8. The summed E-state index contributed by atoms with van der Waals surface area (Å²) in [4.78, 5) is 15.8. The van der Waals surface area contributed by atoms with Crippen LogP contribution in [0.4, 0.5) is 0 Å². The molecule has 0 atom stereocenters. The van der Waals surface area contributed by atoms with E-state index in [-0.39, 0.29) is 5.91 Å². The second-order valence-corrected chi connectivity index (χ2v) is 5.90. The Morgan fingerprint density at radius 1 is 1.27 bits per heavy atom. The zero-order valence-corrected chi connectivity index (χ0v) is 13.5. The first-order valence-corrected chi connectivity index (χ1v) is 7.96. The molecule has 1 aromatic carbocycles. The molecule has 0 unspecified atom stereocenters. The molecule has 4 nitrogen and oxygen atoms in total. The van der Waals surface area contributed by atoms with E-state index in [0.717, 1.165) is 19.4 Å². The van der Waals surface area contributed by atoms with Gasteiger partial charge in [-0.3, -0.25) is 4.79 Å². The van der Waals surface area contributed by atoms with Gasteiger partial charge >= 0.3 is 0 Å². The predicted octanol–water partition coefficient (Wildman–Crippen LogP) is 3.15. The van der Waals surface area contributed by atoms with Gasteiger partial charge in [-0.15, -0.1) is 0 Å². The maximum Gasteiger partial charge on any atom is 0.220 e. The number of imidazole rings is 1. The Labute approximate surface area is 132 Å². The number of nitrogens with one attached hydrogen (secondary N) is 1. The average Bonchev–Trinajstić information content (AvgIpc) is 3.03. The molecule has 1 aromatic heterocycles. The molecule has 4 heteroatoms. The number of amides is 1. The minimum absolute atomic E-state index is 0.124. The van der Waals surface area contributed by atoms with E-state index in [1.165, 1.54) is 11.1 Å². The SMILES string of the molecule is CC(C)c1ccc(CCC(=O)NCCCn2ccnc2)cc1. The van der Waals surface area contributed by atoms with Crippen molar-refractivity contribution in [2.45, 2.75) is 45.6 Å². The second-order valence-electron chi connectivity index (χ2n) is 5.90. The van der Waals surface area contributed by atoms with Gasteiger partial charge in [-0.25, -0.2) is 4.98 Å². The van der Waals surface area contributed by atoms with Crippen LogP contribution in [0.25, 0.3) is 0 Å². The molecule has 22 heavy (non-hydrogen) atoms. The molecule has 0 radical (unpaired) electrons. The van der Waals surface area contributed by atoms with Crippen molar-refractivity contribution in [1.82, 2.24) is 14.9 Å². The van der Waals surface area contributed by atoms with Gasteiger partial charge in [-0.2, -0.15) is 0 Å². The summed E-state index contributed by atoms with van der Waals surface area (Å²) in [5.74, 6) is 0.673. The summed E-state index contributed by atoms with van der Waals surface area (Å²) in [5.41, 5.74) is 2.56. The van der Waals surface area contributed by atoms with Crippen molar-refractivity contribution in [2.75, 3.05) is 6.54 Å². The van der Waals surface area contributed by atoms with Gasteiger partial charge in [0.05, 0.1) is 6.33 Å². The van der Waals surface area contributed by atoms with Crippen molar-refractivity contribution in [1.29, 1.82) is 0 Å². The second kappa shape index (κ2) is 8.37. The van der Waals surface area contributed by atoms with E-state index in [1.54, 1.807) is 12.5 Å². The van der Waals surface area contributed by atoms with Gasteiger partial charge in [0.25, 0.3) is 0 Å². The Morgan fingerprint density at radius 3 is 2.68 bits per heavy atom. The van der Waals surface area contributed by atoms with Crippen molar-refractivity contribution in [2.24, 2.45) is 0 Å². The summed E-state index contributed by atoms with van der Waals surface area (Å²) >= 11 is 0. The summed E-state index contributed by atoms with van der Waals surface area (Å²) in [5, 5.41) is 2.97. The highest BCUT2D eigenvalue weighted by molar-refractivity contribution is 5.76. The fourth-order valence-corrected chi connectivity index (χ4v) is 2.32. The van der Waals surface area contributed by atoms with Crippen LogP contribution in [0.15, 0.2) is 43.0 Å². The third kappa shape index (κ3) is 5.35. The Balaban J connectivity index is 1.62. The normalized spacial score (nSPS) is 10.9. The predicted molar refractivity (Wildman–Crippen MR) is 88.7 cm³/mol. The topological polar surface area (TPSA) is 46.9 Å². The van der Waals surface area contributed by atoms with Gasteiger partial charge in [0.2, 0.25) is 5.91 Å². The Hall–Kier alpha value is -2.10. The van der Waals surface area contributed by atoms with Gasteiger partial charge < -0.3 is 9.88 Å². The molecule has 1 amide bonds. The minimum atomic E-state index is 0.124. The number of aryl methyl sites for hydroxylation is 2. The van der Waals surface area contributed by atoms with Crippen LogP contribution >= 0.6 is 0 Å². The van der Waals surface area contributed by atoms with Crippen LogP contribution in [-0.4, -0.2) is 22.0 Å². The minimum Gasteiger partial charge on any atom is -0.356 e. The molecule has 0 aliphatic rings. The smallest absolute Gasteiger partial charge is 0.220 e. The molecule has 0 fully saturated rings. The molecule has 0 bridgehead atoms. The third-order valence-corrected chi connectivity index (χ3v) is 3.76. The summed E-state index contributed by atoms with van der Waals surface area (Å²) in [6.45, 7) is 5.97. The fourth-order valence-electron chi connectivity index (χ4n) is 2.32. The molecule has 2 aromatic rings. The number of nitrogens with zero attached hydrogens (tertiary/aromatic N) is 2. The number of rotatable bonds is 8. The third-order valence-electron chi connectivity index (χ3n) is 3.76. The lowest BCUT2D eigenvalue weighted by atomic mass is 10.0. The molecule has 1 heterocycles. The fraction of sp³-hybridized carbons (Fsp3) is 0.444. The molecule has 0 spiro atoms. The summed E-state index contributed by atoms with van der Waals surface area (Å²) in [6.07, 6.45) is 7.76. The highest BCUT2D eigenvalue weighted by Crippen LogP contribution is 2.15. The number of carbonyl (C=O) groups excluding carboxylic acids is 1. The lowest BCUT2D eigenvalue weighted by Crippen LogP contribution is -2.25. The zero-order valence-electron chi connectivity index (χ0n) is 13.5. The number of aromatic nitrogens is 2. The Morgan fingerprint density at radius 2 is 2.05 bits per heavy atom. The van der Waals surface area contributed by atoms with Gasteiger partial charge in [0.1, 0.15) is 0 Å². The van der Waals surface area contributed by atoms with E-state index >= 15 is 0 Å². The van der Waals surface area contributed by atoms with Crippen LogP contribution in [0, 0.1) is 0 Å². The Kier molecular flexibility index (Phi) is 6.19. The first kappa shape index (κ1) is 16.3. The van der Waals surface area contributed by atoms with Crippen molar-refractivity contribution in [3.8, 4) is 0 Å². The van der Waals surface area contributed by atoms with Gasteiger partial charge in [0.15, 0.2) is 0 Å². The highest BCUT2D eigenvalue weighted by atomic mass is 16.1. The van der Waals surface area contributed by atoms with Crippen molar-refractivity contribution < 1.29 is 4.79 Å². The van der Waals surface area contributed by atoms with Crippen LogP contribution in [0.1, 0.15) is 43.7 Å². The molecule has 0 aliphatic heterocycles.